The third-order valence-electron chi connectivity index (χ3n) is 3.47. The van der Waals surface area contributed by atoms with Crippen molar-refractivity contribution < 1.29 is 14.3 Å². The van der Waals surface area contributed by atoms with Gasteiger partial charge in [-0.05, 0) is 31.4 Å². The van der Waals surface area contributed by atoms with Crippen LogP contribution in [-0.4, -0.2) is 42.0 Å². The van der Waals surface area contributed by atoms with Crippen LogP contribution in [0.25, 0.3) is 10.4 Å². The van der Waals surface area contributed by atoms with Crippen LogP contribution in [0.4, 0.5) is 0 Å². The van der Waals surface area contributed by atoms with Gasteiger partial charge < -0.3 is 10.1 Å². The third kappa shape index (κ3) is 4.96. The van der Waals surface area contributed by atoms with Crippen molar-refractivity contribution in [2.24, 2.45) is 0 Å². The maximum Gasteiger partial charge on any atom is 0.328 e. The van der Waals surface area contributed by atoms with Crippen molar-refractivity contribution in [3.63, 3.8) is 0 Å². The van der Waals surface area contributed by atoms with Crippen molar-refractivity contribution in [1.82, 2.24) is 10.3 Å². The van der Waals surface area contributed by atoms with Crippen LogP contribution in [-0.2, 0) is 9.53 Å². The smallest absolute Gasteiger partial charge is 0.328 e. The predicted molar refractivity (Wildman–Crippen MR) is 104 cm³/mol. The molecule has 1 aromatic heterocycles. The molecule has 0 aliphatic heterocycles. The standard InChI is InChI=1S/C17H19ClN2O3S2/c1-10-19-14(15(25-10)11-6-4-5-7-12(11)18)16(21)20-13(8-9-24-3)17(22)23-2/h4-7,13H,8-9H2,1-3H3,(H,20,21). The average Bonchev–Trinajstić information content (AvgIpc) is 2.99. The summed E-state index contributed by atoms with van der Waals surface area (Å²) in [7, 11) is 1.31. The van der Waals surface area contributed by atoms with Crippen LogP contribution in [0.5, 0.6) is 0 Å². The molecule has 2 rings (SSSR count). The highest BCUT2D eigenvalue weighted by atomic mass is 35.5. The fourth-order valence-corrected chi connectivity index (χ4v) is 3.98. The lowest BCUT2D eigenvalue weighted by atomic mass is 10.1. The van der Waals surface area contributed by atoms with Gasteiger partial charge in [0.15, 0.2) is 0 Å². The number of thiazole rings is 1. The molecule has 0 bridgehead atoms. The number of rotatable bonds is 7. The summed E-state index contributed by atoms with van der Waals surface area (Å²) in [5.74, 6) is -0.141. The van der Waals surface area contributed by atoms with Gasteiger partial charge in [0.2, 0.25) is 0 Å². The van der Waals surface area contributed by atoms with Gasteiger partial charge in [-0.25, -0.2) is 9.78 Å². The second-order valence-corrected chi connectivity index (χ2v) is 7.82. The zero-order chi connectivity index (χ0) is 18.4. The molecule has 0 saturated carbocycles. The number of aryl methyl sites for hydroxylation is 1. The van der Waals surface area contributed by atoms with Crippen LogP contribution in [0, 0.1) is 6.92 Å². The lowest BCUT2D eigenvalue weighted by molar-refractivity contribution is -0.142. The van der Waals surface area contributed by atoms with Crippen LogP contribution in [0.2, 0.25) is 5.02 Å². The Morgan fingerprint density at radius 1 is 1.40 bits per heavy atom. The van der Waals surface area contributed by atoms with E-state index in [0.29, 0.717) is 16.3 Å². The molecule has 0 aliphatic carbocycles. The van der Waals surface area contributed by atoms with Gasteiger partial charge in [-0.15, -0.1) is 11.3 Å². The Labute approximate surface area is 160 Å². The molecule has 1 atom stereocenters. The number of benzene rings is 1. The highest BCUT2D eigenvalue weighted by Gasteiger charge is 2.26. The normalized spacial score (nSPS) is 11.8. The molecule has 0 aliphatic rings. The topological polar surface area (TPSA) is 68.3 Å². The third-order valence-corrected chi connectivity index (χ3v) is 5.45. The Bertz CT molecular complexity index is 764. The van der Waals surface area contributed by atoms with Crippen molar-refractivity contribution in [3.8, 4) is 10.4 Å². The first kappa shape index (κ1) is 19.8. The Morgan fingerprint density at radius 3 is 2.76 bits per heavy atom. The molecule has 0 radical (unpaired) electrons. The van der Waals surface area contributed by atoms with Gasteiger partial charge in [0.25, 0.3) is 5.91 Å². The van der Waals surface area contributed by atoms with Gasteiger partial charge in [0, 0.05) is 10.6 Å². The highest BCUT2D eigenvalue weighted by molar-refractivity contribution is 7.98. The van der Waals surface area contributed by atoms with Gasteiger partial charge in [0.1, 0.15) is 11.7 Å². The summed E-state index contributed by atoms with van der Waals surface area (Å²) in [4.78, 5) is 29.7. The van der Waals surface area contributed by atoms with Gasteiger partial charge in [-0.3, -0.25) is 4.79 Å². The van der Waals surface area contributed by atoms with Crippen molar-refractivity contribution in [1.29, 1.82) is 0 Å². The SMILES string of the molecule is COC(=O)C(CCSC)NC(=O)c1nc(C)sc1-c1ccccc1Cl. The van der Waals surface area contributed by atoms with Gasteiger partial charge in [-0.2, -0.15) is 11.8 Å². The highest BCUT2D eigenvalue weighted by Crippen LogP contribution is 2.35. The van der Waals surface area contributed by atoms with Crippen LogP contribution in [0.15, 0.2) is 24.3 Å². The fourth-order valence-electron chi connectivity index (χ4n) is 2.26. The van der Waals surface area contributed by atoms with Gasteiger partial charge in [0.05, 0.1) is 17.0 Å². The minimum absolute atomic E-state index is 0.272. The summed E-state index contributed by atoms with van der Waals surface area (Å²) in [6.07, 6.45) is 2.43. The summed E-state index contributed by atoms with van der Waals surface area (Å²) >= 11 is 9.25. The molecule has 5 nitrogen and oxygen atoms in total. The number of aromatic nitrogens is 1. The van der Waals surface area contributed by atoms with E-state index in [1.807, 2.05) is 31.4 Å². The van der Waals surface area contributed by atoms with E-state index in [4.69, 9.17) is 16.3 Å². The number of methoxy groups -OCH3 is 1. The summed E-state index contributed by atoms with van der Waals surface area (Å²) < 4.78 is 4.78. The molecule has 0 spiro atoms. The Balaban J connectivity index is 2.30. The minimum Gasteiger partial charge on any atom is -0.467 e. The number of ether oxygens (including phenoxy) is 1. The van der Waals surface area contributed by atoms with Crippen LogP contribution in [0.3, 0.4) is 0 Å². The van der Waals surface area contributed by atoms with Crippen molar-refractivity contribution >= 4 is 46.6 Å². The molecule has 1 amide bonds. The maximum absolute atomic E-state index is 12.7. The number of carbonyl (C=O) groups excluding carboxylic acids is 2. The minimum atomic E-state index is -0.703. The molecule has 1 heterocycles. The number of nitrogens with one attached hydrogen (secondary N) is 1. The van der Waals surface area contributed by atoms with E-state index in [0.717, 1.165) is 16.3 Å². The summed E-state index contributed by atoms with van der Waals surface area (Å²) in [5, 5.41) is 4.03. The molecule has 2 aromatic rings. The first-order valence-corrected chi connectivity index (χ1v) is 10.2. The van der Waals surface area contributed by atoms with E-state index < -0.39 is 17.9 Å². The monoisotopic (exact) mass is 398 g/mol. The van der Waals surface area contributed by atoms with Gasteiger partial charge >= 0.3 is 5.97 Å². The fraction of sp³-hybridized carbons (Fsp3) is 0.353. The first-order valence-electron chi connectivity index (χ1n) is 7.57. The van der Waals surface area contributed by atoms with E-state index in [1.165, 1.54) is 18.4 Å². The van der Waals surface area contributed by atoms with Crippen molar-refractivity contribution in [2.45, 2.75) is 19.4 Å². The predicted octanol–water partition coefficient (Wildman–Crippen LogP) is 3.80. The number of thioether (sulfide) groups is 1. The molecular weight excluding hydrogens is 380 g/mol. The molecule has 0 fully saturated rings. The zero-order valence-corrected chi connectivity index (χ0v) is 16.6. The second-order valence-electron chi connectivity index (χ2n) is 5.22. The Morgan fingerprint density at radius 2 is 2.12 bits per heavy atom. The molecule has 1 aromatic carbocycles. The Kier molecular flexibility index (Phi) is 7.28. The molecule has 1 unspecified atom stereocenters. The van der Waals surface area contributed by atoms with E-state index in [-0.39, 0.29) is 5.69 Å². The van der Waals surface area contributed by atoms with E-state index in [1.54, 1.807) is 17.8 Å². The van der Waals surface area contributed by atoms with Crippen LogP contribution < -0.4 is 5.32 Å². The number of halogens is 1. The number of carbonyl (C=O) groups is 2. The maximum atomic E-state index is 12.7. The molecular formula is C17H19ClN2O3S2. The van der Waals surface area contributed by atoms with Crippen LogP contribution >= 0.6 is 34.7 Å². The second kappa shape index (κ2) is 9.22. The quantitative estimate of drug-likeness (QED) is 0.718. The molecule has 0 saturated heterocycles. The van der Waals surface area contributed by atoms with E-state index in [2.05, 4.69) is 10.3 Å². The lowest BCUT2D eigenvalue weighted by Crippen LogP contribution is -2.42. The summed E-state index contributed by atoms with van der Waals surface area (Å²) in [6.45, 7) is 1.83. The van der Waals surface area contributed by atoms with E-state index in [9.17, 15) is 9.59 Å². The lowest BCUT2D eigenvalue weighted by Gasteiger charge is -2.15. The molecule has 1 N–H and O–H groups in total. The zero-order valence-electron chi connectivity index (χ0n) is 14.2. The molecule has 25 heavy (non-hydrogen) atoms. The molecule has 134 valence electrons. The number of amides is 1. The van der Waals surface area contributed by atoms with Gasteiger partial charge in [-0.1, -0.05) is 29.8 Å². The average molecular weight is 399 g/mol. The van der Waals surface area contributed by atoms with Crippen LogP contribution in [0.1, 0.15) is 21.9 Å². The number of esters is 1. The largest absolute Gasteiger partial charge is 0.467 e. The molecule has 8 heteroatoms. The summed E-state index contributed by atoms with van der Waals surface area (Å²) in [6, 6.07) is 6.59. The number of nitrogens with zero attached hydrogens (tertiary/aromatic N) is 1. The van der Waals surface area contributed by atoms with E-state index >= 15 is 0 Å². The Hall–Kier alpha value is -1.57. The van der Waals surface area contributed by atoms with Crippen molar-refractivity contribution in [2.75, 3.05) is 19.1 Å². The first-order chi connectivity index (χ1) is 12.0. The number of hydrogen-bond acceptors (Lipinski definition) is 6. The van der Waals surface area contributed by atoms with Crippen molar-refractivity contribution in [3.05, 3.63) is 40.0 Å². The summed E-state index contributed by atoms with van der Waals surface area (Å²) in [5.41, 5.74) is 1.02. The number of hydrogen-bond donors (Lipinski definition) is 1.